The molecule has 30 heavy (non-hydrogen) atoms. The molecule has 0 aromatic carbocycles. The van der Waals surface area contributed by atoms with Gasteiger partial charge < -0.3 is 4.74 Å². The molecule has 146 valence electrons. The third-order valence-corrected chi connectivity index (χ3v) is 5.36. The minimum absolute atomic E-state index is 0.624. The summed E-state index contributed by atoms with van der Waals surface area (Å²) in [5.41, 5.74) is 4.42. The minimum atomic E-state index is 0.624. The molecule has 0 aliphatic heterocycles. The number of ether oxygens (including phenoxy) is 1. The second-order valence-corrected chi connectivity index (χ2v) is 7.43. The number of hydrogen-bond acceptors (Lipinski definition) is 7. The molecule has 0 unspecified atom stereocenters. The van der Waals surface area contributed by atoms with E-state index in [4.69, 9.17) is 4.74 Å². The molecule has 0 atom stereocenters. The van der Waals surface area contributed by atoms with Crippen LogP contribution in [0.1, 0.15) is 10.6 Å². The van der Waals surface area contributed by atoms with Crippen LogP contribution in [-0.4, -0.2) is 41.7 Å². The first-order valence-corrected chi connectivity index (χ1v) is 9.83. The second kappa shape index (κ2) is 7.42. The van der Waals surface area contributed by atoms with Crippen molar-refractivity contribution in [2.75, 3.05) is 7.11 Å². The lowest BCUT2D eigenvalue weighted by Crippen LogP contribution is -1.94. The summed E-state index contributed by atoms with van der Waals surface area (Å²) in [5.74, 6) is 6.92. The van der Waals surface area contributed by atoms with Gasteiger partial charge in [-0.2, -0.15) is 10.2 Å². The van der Waals surface area contributed by atoms with Crippen molar-refractivity contribution in [3.05, 3.63) is 66.0 Å². The Labute approximate surface area is 175 Å². The molecule has 5 aromatic rings. The van der Waals surface area contributed by atoms with Gasteiger partial charge in [-0.1, -0.05) is 17.3 Å². The number of aryl methyl sites for hydroxylation is 1. The van der Waals surface area contributed by atoms with Crippen LogP contribution in [0.2, 0.25) is 0 Å². The Balaban J connectivity index is 1.51. The van der Waals surface area contributed by atoms with Crippen molar-refractivity contribution in [3.63, 3.8) is 0 Å². The molecule has 0 amide bonds. The molecule has 0 fully saturated rings. The van der Waals surface area contributed by atoms with Gasteiger partial charge in [-0.25, -0.2) is 4.52 Å². The van der Waals surface area contributed by atoms with Crippen LogP contribution in [0.4, 0.5) is 0 Å². The van der Waals surface area contributed by atoms with E-state index in [-0.39, 0.29) is 0 Å². The lowest BCUT2D eigenvalue weighted by Gasteiger charge is -2.06. The lowest BCUT2D eigenvalue weighted by atomic mass is 10.1. The zero-order chi connectivity index (χ0) is 20.5. The van der Waals surface area contributed by atoms with Crippen LogP contribution >= 0.6 is 11.3 Å². The highest BCUT2D eigenvalue weighted by molar-refractivity contribution is 7.15. The second-order valence-electron chi connectivity index (χ2n) is 6.46. The number of fused-ring (bicyclic) bond motifs is 1. The quantitative estimate of drug-likeness (QED) is 0.423. The van der Waals surface area contributed by atoms with Crippen LogP contribution in [0.25, 0.3) is 27.2 Å². The highest BCUT2D eigenvalue weighted by atomic mass is 32.1. The summed E-state index contributed by atoms with van der Waals surface area (Å²) in [5, 5.41) is 18.5. The fraction of sp³-hybridized carbons (Fsp3) is 0.0952. The minimum Gasteiger partial charge on any atom is -0.494 e. The van der Waals surface area contributed by atoms with Gasteiger partial charge in [0, 0.05) is 48.5 Å². The van der Waals surface area contributed by atoms with E-state index >= 15 is 0 Å². The molecule has 0 bridgehead atoms. The Morgan fingerprint density at radius 1 is 1.00 bits per heavy atom. The molecule has 0 radical (unpaired) electrons. The molecular formula is C21H15N7OS. The van der Waals surface area contributed by atoms with E-state index < -0.39 is 0 Å². The predicted molar refractivity (Wildman–Crippen MR) is 113 cm³/mol. The first kappa shape index (κ1) is 18.0. The first-order valence-electron chi connectivity index (χ1n) is 9.01. The van der Waals surface area contributed by atoms with E-state index in [1.807, 2.05) is 37.6 Å². The molecule has 0 saturated heterocycles. The molecule has 0 spiro atoms. The van der Waals surface area contributed by atoms with Crippen molar-refractivity contribution in [2.24, 2.45) is 7.05 Å². The van der Waals surface area contributed by atoms with Gasteiger partial charge >= 0.3 is 0 Å². The van der Waals surface area contributed by atoms with Crippen molar-refractivity contribution < 1.29 is 4.74 Å². The Morgan fingerprint density at radius 3 is 2.70 bits per heavy atom. The molecule has 0 saturated carbocycles. The van der Waals surface area contributed by atoms with Crippen molar-refractivity contribution >= 4 is 16.9 Å². The number of methoxy groups -OCH3 is 1. The zero-order valence-corrected chi connectivity index (χ0v) is 17.0. The predicted octanol–water partition coefficient (Wildman–Crippen LogP) is 3.06. The fourth-order valence-corrected chi connectivity index (χ4v) is 3.75. The van der Waals surface area contributed by atoms with E-state index in [0.717, 1.165) is 32.8 Å². The fourth-order valence-electron chi connectivity index (χ4n) is 3.06. The Morgan fingerprint density at radius 2 is 1.93 bits per heavy atom. The lowest BCUT2D eigenvalue weighted by molar-refractivity contribution is 0.417. The topological polar surface area (TPSA) is 83.0 Å². The maximum absolute atomic E-state index is 5.62. The smallest absolute Gasteiger partial charge is 0.191 e. The van der Waals surface area contributed by atoms with Gasteiger partial charge in [0.25, 0.3) is 0 Å². The van der Waals surface area contributed by atoms with Gasteiger partial charge in [-0.05, 0) is 24.1 Å². The standard InChI is InChI=1S/C21H15N7OS/c1-27-12-17(11-23-27)16-8-18(29-2)20-14(10-24-28(20)13-16)5-6-19-25-26-21(30-19)15-4-3-7-22-9-15/h3-4,7-13H,1-2H3. The molecule has 5 rings (SSSR count). The van der Waals surface area contributed by atoms with Crippen LogP contribution in [0.5, 0.6) is 5.75 Å². The van der Waals surface area contributed by atoms with E-state index in [1.165, 1.54) is 11.3 Å². The normalized spacial score (nSPS) is 10.7. The van der Waals surface area contributed by atoms with E-state index in [2.05, 4.69) is 37.2 Å². The summed E-state index contributed by atoms with van der Waals surface area (Å²) in [6.45, 7) is 0. The van der Waals surface area contributed by atoms with Crippen LogP contribution < -0.4 is 4.74 Å². The molecule has 0 aliphatic rings. The van der Waals surface area contributed by atoms with Crippen molar-refractivity contribution in [2.45, 2.75) is 0 Å². The molecule has 8 nitrogen and oxygen atoms in total. The average Bonchev–Trinajstić information content (AvgIpc) is 3.52. The Hall–Kier alpha value is -4.03. The number of pyridine rings is 2. The number of nitrogens with zero attached hydrogens (tertiary/aromatic N) is 7. The highest BCUT2D eigenvalue weighted by Gasteiger charge is 2.13. The van der Waals surface area contributed by atoms with E-state index in [0.29, 0.717) is 10.8 Å². The third-order valence-electron chi connectivity index (χ3n) is 4.47. The summed E-state index contributed by atoms with van der Waals surface area (Å²) < 4.78 is 9.15. The largest absolute Gasteiger partial charge is 0.494 e. The van der Waals surface area contributed by atoms with Gasteiger partial charge in [0.05, 0.1) is 25.1 Å². The van der Waals surface area contributed by atoms with Crippen molar-refractivity contribution in [3.8, 4) is 39.3 Å². The van der Waals surface area contributed by atoms with Gasteiger partial charge in [-0.15, -0.1) is 10.2 Å². The zero-order valence-electron chi connectivity index (χ0n) is 16.1. The molecule has 0 N–H and O–H groups in total. The number of rotatable bonds is 3. The van der Waals surface area contributed by atoms with Crippen molar-refractivity contribution in [1.82, 2.24) is 34.6 Å². The maximum Gasteiger partial charge on any atom is 0.191 e. The average molecular weight is 413 g/mol. The summed E-state index contributed by atoms with van der Waals surface area (Å²) in [6, 6.07) is 5.78. The monoisotopic (exact) mass is 413 g/mol. The molecule has 0 aliphatic carbocycles. The van der Waals surface area contributed by atoms with Gasteiger partial charge in [0.1, 0.15) is 16.3 Å². The van der Waals surface area contributed by atoms with Crippen molar-refractivity contribution in [1.29, 1.82) is 0 Å². The van der Waals surface area contributed by atoms with Crippen LogP contribution in [-0.2, 0) is 7.05 Å². The summed E-state index contributed by atoms with van der Waals surface area (Å²) in [6.07, 6.45) is 10.9. The molecule has 9 heteroatoms. The van der Waals surface area contributed by atoms with Crippen LogP contribution in [0.3, 0.4) is 0 Å². The maximum atomic E-state index is 5.62. The van der Waals surface area contributed by atoms with Gasteiger partial charge in [0.2, 0.25) is 0 Å². The Kier molecular flexibility index (Phi) is 4.46. The van der Waals surface area contributed by atoms with Crippen LogP contribution in [0.15, 0.2) is 55.4 Å². The molecule has 5 aromatic heterocycles. The summed E-state index contributed by atoms with van der Waals surface area (Å²) >= 11 is 1.42. The van der Waals surface area contributed by atoms with E-state index in [1.54, 1.807) is 41.1 Å². The SMILES string of the molecule is COc1cc(-c2cnn(C)c2)cn2ncc(C#Cc3nnc(-c4cccnc4)s3)c12. The number of aromatic nitrogens is 7. The Bertz CT molecular complexity index is 1410. The van der Waals surface area contributed by atoms with E-state index in [9.17, 15) is 0 Å². The molecule has 5 heterocycles. The molecular weight excluding hydrogens is 398 g/mol. The first-order chi connectivity index (χ1) is 14.7. The summed E-state index contributed by atoms with van der Waals surface area (Å²) in [4.78, 5) is 4.11. The van der Waals surface area contributed by atoms with Gasteiger partial charge in [0.15, 0.2) is 5.01 Å². The van der Waals surface area contributed by atoms with Crippen LogP contribution in [0, 0.1) is 11.8 Å². The highest BCUT2D eigenvalue weighted by Crippen LogP contribution is 2.29. The summed E-state index contributed by atoms with van der Waals surface area (Å²) in [7, 11) is 3.52. The third kappa shape index (κ3) is 3.29. The van der Waals surface area contributed by atoms with Gasteiger partial charge in [-0.3, -0.25) is 9.67 Å². The number of hydrogen-bond donors (Lipinski definition) is 0.